The number of hydrogen-bond donors (Lipinski definition) is 1. The molecule has 4 aliphatic rings. The molecular weight excluding hydrogens is 465 g/mol. The number of ether oxygens (including phenoxy) is 1. The third-order valence-electron chi connectivity index (χ3n) is 7.66. The number of amides is 3. The summed E-state index contributed by atoms with van der Waals surface area (Å²) < 4.78 is 5.47. The van der Waals surface area contributed by atoms with Crippen LogP contribution in [0.1, 0.15) is 24.0 Å². The summed E-state index contributed by atoms with van der Waals surface area (Å²) in [6.07, 6.45) is 1.60. The lowest BCUT2D eigenvalue weighted by Gasteiger charge is -2.36. The maximum Gasteiger partial charge on any atom is 0.250 e. The van der Waals surface area contributed by atoms with E-state index >= 15 is 0 Å². The molecule has 0 bridgehead atoms. The molecule has 9 heteroatoms. The van der Waals surface area contributed by atoms with Crippen molar-refractivity contribution in [2.75, 3.05) is 23.9 Å². The molecule has 3 amide bonds. The third-order valence-corrected chi connectivity index (χ3v) is 8.30. The first-order valence-corrected chi connectivity index (χ1v) is 11.7. The van der Waals surface area contributed by atoms with Gasteiger partial charge in [-0.1, -0.05) is 23.2 Å². The van der Waals surface area contributed by atoms with Gasteiger partial charge in [0.05, 0.1) is 24.6 Å². The van der Waals surface area contributed by atoms with E-state index in [-0.39, 0.29) is 17.9 Å². The first kappa shape index (κ1) is 21.0. The first-order chi connectivity index (χ1) is 15.8. The normalized spacial score (nSPS) is 30.1. The van der Waals surface area contributed by atoms with Crippen LogP contribution < -0.4 is 15.0 Å². The van der Waals surface area contributed by atoms with Crippen LogP contribution in [0.5, 0.6) is 5.75 Å². The molecule has 3 saturated heterocycles. The third kappa shape index (κ3) is 2.47. The first-order valence-electron chi connectivity index (χ1n) is 10.9. The number of rotatable bonds is 2. The number of halogens is 2. The Labute approximate surface area is 200 Å². The second kappa shape index (κ2) is 6.95. The molecule has 4 heterocycles. The Bertz CT molecular complexity index is 1260. The maximum atomic E-state index is 14.1. The fraction of sp³-hybridized carbons (Fsp3) is 0.375. The molecule has 33 heavy (non-hydrogen) atoms. The summed E-state index contributed by atoms with van der Waals surface area (Å²) in [7, 11) is 1.47. The van der Waals surface area contributed by atoms with Crippen molar-refractivity contribution in [2.24, 2.45) is 11.8 Å². The van der Waals surface area contributed by atoms with E-state index in [1.54, 1.807) is 37.3 Å². The van der Waals surface area contributed by atoms with Gasteiger partial charge in [0, 0.05) is 33.4 Å². The van der Waals surface area contributed by atoms with Gasteiger partial charge >= 0.3 is 0 Å². The van der Waals surface area contributed by atoms with Gasteiger partial charge in [0.15, 0.2) is 0 Å². The number of methoxy groups -OCH3 is 1. The van der Waals surface area contributed by atoms with Gasteiger partial charge in [-0.05, 0) is 56.1 Å². The average Bonchev–Trinajstić information content (AvgIpc) is 3.48. The average molecular weight is 486 g/mol. The molecule has 0 saturated carbocycles. The summed E-state index contributed by atoms with van der Waals surface area (Å²) in [5.41, 5.74) is 1.12. The van der Waals surface area contributed by atoms with E-state index < -0.39 is 23.3 Å². The Hall–Kier alpha value is -2.61. The molecule has 6 rings (SSSR count). The van der Waals surface area contributed by atoms with E-state index in [1.807, 2.05) is 0 Å². The van der Waals surface area contributed by atoms with E-state index in [0.29, 0.717) is 39.3 Å². The van der Waals surface area contributed by atoms with E-state index in [2.05, 4.69) is 10.2 Å². The van der Waals surface area contributed by atoms with Crippen LogP contribution in [-0.2, 0) is 19.9 Å². The highest BCUT2D eigenvalue weighted by Gasteiger charge is 2.74. The fourth-order valence-corrected chi connectivity index (χ4v) is 6.72. The molecule has 1 N–H and O–H groups in total. The number of anilines is 2. The Kier molecular flexibility index (Phi) is 4.41. The van der Waals surface area contributed by atoms with Gasteiger partial charge in [0.25, 0.3) is 0 Å². The predicted octanol–water partition coefficient (Wildman–Crippen LogP) is 3.74. The Morgan fingerprint density at radius 1 is 1.12 bits per heavy atom. The van der Waals surface area contributed by atoms with Gasteiger partial charge in [-0.25, -0.2) is 4.90 Å². The largest absolute Gasteiger partial charge is 0.495 e. The van der Waals surface area contributed by atoms with E-state index in [4.69, 9.17) is 27.9 Å². The van der Waals surface area contributed by atoms with E-state index in [9.17, 15) is 14.4 Å². The molecule has 4 aliphatic heterocycles. The van der Waals surface area contributed by atoms with Crippen molar-refractivity contribution >= 4 is 52.3 Å². The summed E-state index contributed by atoms with van der Waals surface area (Å²) in [4.78, 5) is 44.8. The van der Waals surface area contributed by atoms with Gasteiger partial charge < -0.3 is 10.1 Å². The van der Waals surface area contributed by atoms with Crippen molar-refractivity contribution in [2.45, 2.75) is 31.3 Å². The molecule has 0 aliphatic carbocycles. The van der Waals surface area contributed by atoms with Crippen molar-refractivity contribution in [3.8, 4) is 5.75 Å². The molecular formula is C24H21Cl2N3O4. The number of fused-ring (bicyclic) bond motifs is 7. The van der Waals surface area contributed by atoms with Gasteiger partial charge in [-0.3, -0.25) is 19.3 Å². The van der Waals surface area contributed by atoms with Crippen molar-refractivity contribution in [1.82, 2.24) is 4.90 Å². The molecule has 0 aromatic heterocycles. The number of imide groups is 1. The lowest BCUT2D eigenvalue weighted by molar-refractivity contribution is -0.135. The second-order valence-electron chi connectivity index (χ2n) is 9.10. The second-order valence-corrected chi connectivity index (χ2v) is 9.95. The molecule has 3 fully saturated rings. The number of nitrogens with one attached hydrogen (secondary N) is 1. The van der Waals surface area contributed by atoms with Gasteiger partial charge in [-0.15, -0.1) is 0 Å². The molecule has 170 valence electrons. The summed E-state index contributed by atoms with van der Waals surface area (Å²) in [6.45, 7) is 2.45. The lowest BCUT2D eigenvalue weighted by Crippen LogP contribution is -2.54. The molecule has 2 aromatic rings. The topological polar surface area (TPSA) is 79.0 Å². The standard InChI is InChI=1S/C24H21Cl2N3O4/c1-11-8-17(18(33-2)10-14(11)26)29-21(30)19-16-4-3-7-28(16)24(20(19)22(29)31)13-9-12(25)5-6-15(13)27-23(24)32/h5-6,8-10,16,19-20H,3-4,7H2,1-2H3,(H,27,32)/t16-,19+,20+,24+/m0/s1. The summed E-state index contributed by atoms with van der Waals surface area (Å²) >= 11 is 12.6. The maximum absolute atomic E-state index is 14.1. The van der Waals surface area contributed by atoms with Crippen LogP contribution in [0.25, 0.3) is 0 Å². The zero-order valence-electron chi connectivity index (χ0n) is 18.0. The van der Waals surface area contributed by atoms with Crippen LogP contribution in [0, 0.1) is 18.8 Å². The Morgan fingerprint density at radius 2 is 1.91 bits per heavy atom. The van der Waals surface area contributed by atoms with Crippen molar-refractivity contribution < 1.29 is 19.1 Å². The minimum absolute atomic E-state index is 0.202. The molecule has 7 nitrogen and oxygen atoms in total. The SMILES string of the molecule is COc1cc(Cl)c(C)cc1N1C(=O)[C@@H]2[C@@H]3CCCN3[C@@]3(C(=O)Nc4ccc(Cl)cc43)[C@H]2C1=O. The summed E-state index contributed by atoms with van der Waals surface area (Å²) in [6, 6.07) is 8.31. The molecule has 4 atom stereocenters. The Morgan fingerprint density at radius 3 is 2.67 bits per heavy atom. The van der Waals surface area contributed by atoms with Crippen molar-refractivity contribution in [1.29, 1.82) is 0 Å². The van der Waals surface area contributed by atoms with Crippen LogP contribution >= 0.6 is 23.2 Å². The van der Waals surface area contributed by atoms with Crippen molar-refractivity contribution in [3.05, 3.63) is 51.5 Å². The van der Waals surface area contributed by atoms with Crippen LogP contribution in [0.3, 0.4) is 0 Å². The minimum Gasteiger partial charge on any atom is -0.495 e. The summed E-state index contributed by atoms with van der Waals surface area (Å²) in [5, 5.41) is 3.91. The van der Waals surface area contributed by atoms with Crippen LogP contribution in [0.2, 0.25) is 10.0 Å². The van der Waals surface area contributed by atoms with E-state index in [0.717, 1.165) is 18.4 Å². The quantitative estimate of drug-likeness (QED) is 0.655. The monoisotopic (exact) mass is 485 g/mol. The van der Waals surface area contributed by atoms with Crippen LogP contribution in [-0.4, -0.2) is 42.3 Å². The van der Waals surface area contributed by atoms with Crippen molar-refractivity contribution in [3.63, 3.8) is 0 Å². The number of nitrogens with zero attached hydrogens (tertiary/aromatic N) is 2. The van der Waals surface area contributed by atoms with E-state index in [1.165, 1.54) is 12.0 Å². The molecule has 0 radical (unpaired) electrons. The van der Waals surface area contributed by atoms with Crippen LogP contribution in [0.15, 0.2) is 30.3 Å². The highest BCUT2D eigenvalue weighted by Crippen LogP contribution is 2.61. The van der Waals surface area contributed by atoms with Gasteiger partial charge in [-0.2, -0.15) is 0 Å². The molecule has 1 spiro atoms. The fourth-order valence-electron chi connectivity index (χ4n) is 6.40. The smallest absolute Gasteiger partial charge is 0.250 e. The number of carbonyl (C=O) groups excluding carboxylic acids is 3. The number of carbonyl (C=O) groups is 3. The predicted molar refractivity (Wildman–Crippen MR) is 124 cm³/mol. The number of hydrogen-bond acceptors (Lipinski definition) is 5. The van der Waals surface area contributed by atoms with Gasteiger partial charge in [0.2, 0.25) is 17.7 Å². The molecule has 0 unspecified atom stereocenters. The van der Waals surface area contributed by atoms with Gasteiger partial charge in [0.1, 0.15) is 11.3 Å². The summed E-state index contributed by atoms with van der Waals surface area (Å²) in [5.74, 6) is -2.12. The zero-order chi connectivity index (χ0) is 23.2. The number of benzene rings is 2. The minimum atomic E-state index is -1.26. The highest BCUT2D eigenvalue weighted by molar-refractivity contribution is 6.32. The zero-order valence-corrected chi connectivity index (χ0v) is 19.5. The molecule has 2 aromatic carbocycles. The number of aryl methyl sites for hydroxylation is 1. The lowest BCUT2D eigenvalue weighted by atomic mass is 9.75. The highest BCUT2D eigenvalue weighted by atomic mass is 35.5. The Balaban J connectivity index is 1.56. The van der Waals surface area contributed by atoms with Crippen LogP contribution in [0.4, 0.5) is 11.4 Å².